The Kier molecular flexibility index (Phi) is 6.25. The second-order valence-electron chi connectivity index (χ2n) is 5.82. The van der Waals surface area contributed by atoms with Crippen LogP contribution in [-0.4, -0.2) is 23.7 Å². The third kappa shape index (κ3) is 3.87. The number of ketones is 2. The summed E-state index contributed by atoms with van der Waals surface area (Å²) in [6.07, 6.45) is 3.70. The number of Topliss-reactive ketones (excluding diaryl/α,β-unsaturated/α-hetero) is 2. The molecule has 0 aliphatic heterocycles. The SMILES string of the molecule is COc1nc(N)[n+](CC(=O)C(=O)c2ccccc2)c2c1CCCC2.[Br-]. The third-order valence-corrected chi connectivity index (χ3v) is 4.30. The quantitative estimate of drug-likeness (QED) is 0.363. The summed E-state index contributed by atoms with van der Waals surface area (Å²) in [5, 5.41) is 0. The van der Waals surface area contributed by atoms with Crippen molar-refractivity contribution in [1.82, 2.24) is 4.98 Å². The number of aromatic nitrogens is 2. The molecule has 0 spiro atoms. The van der Waals surface area contributed by atoms with Crippen molar-refractivity contribution < 1.29 is 35.9 Å². The number of hydrogen-bond acceptors (Lipinski definition) is 5. The Bertz CT molecular complexity index is 794. The molecule has 1 aliphatic rings. The molecule has 1 aliphatic carbocycles. The molecule has 132 valence electrons. The molecule has 1 aromatic heterocycles. The zero-order valence-electron chi connectivity index (χ0n) is 14.0. The molecule has 0 saturated carbocycles. The minimum absolute atomic E-state index is 0. The zero-order valence-corrected chi connectivity index (χ0v) is 15.6. The highest BCUT2D eigenvalue weighted by molar-refractivity contribution is 6.43. The van der Waals surface area contributed by atoms with Gasteiger partial charge in [0.15, 0.2) is 0 Å². The number of nitrogens with two attached hydrogens (primary N) is 1. The second kappa shape index (κ2) is 8.20. The zero-order chi connectivity index (χ0) is 17.1. The Hall–Kier alpha value is -2.28. The van der Waals surface area contributed by atoms with Gasteiger partial charge in [0.05, 0.1) is 18.4 Å². The van der Waals surface area contributed by atoms with Gasteiger partial charge in [0.1, 0.15) is 6.54 Å². The Morgan fingerprint density at radius 1 is 1.20 bits per heavy atom. The van der Waals surface area contributed by atoms with Crippen molar-refractivity contribution in [2.45, 2.75) is 32.2 Å². The number of rotatable bonds is 5. The van der Waals surface area contributed by atoms with Gasteiger partial charge in [-0.1, -0.05) is 30.3 Å². The molecule has 25 heavy (non-hydrogen) atoms. The number of carbonyl (C=O) groups is 2. The average molecular weight is 406 g/mol. The lowest BCUT2D eigenvalue weighted by molar-refractivity contribution is -0.680. The highest BCUT2D eigenvalue weighted by Crippen LogP contribution is 2.26. The maximum atomic E-state index is 12.4. The number of nitrogens with zero attached hydrogens (tertiary/aromatic N) is 2. The molecule has 1 heterocycles. The van der Waals surface area contributed by atoms with E-state index in [1.54, 1.807) is 42.0 Å². The minimum Gasteiger partial charge on any atom is -1.00 e. The monoisotopic (exact) mass is 405 g/mol. The largest absolute Gasteiger partial charge is 1.00 e. The van der Waals surface area contributed by atoms with Crippen molar-refractivity contribution in [3.8, 4) is 5.88 Å². The lowest BCUT2D eigenvalue weighted by Crippen LogP contribution is -3.00. The van der Waals surface area contributed by atoms with Gasteiger partial charge < -0.3 is 21.7 Å². The Balaban J connectivity index is 0.00000225. The fraction of sp³-hybridized carbons (Fsp3) is 0.333. The summed E-state index contributed by atoms with van der Waals surface area (Å²) in [5.41, 5.74) is 8.33. The first-order chi connectivity index (χ1) is 11.6. The number of ether oxygens (including phenoxy) is 1. The maximum absolute atomic E-state index is 12.4. The van der Waals surface area contributed by atoms with Crippen molar-refractivity contribution in [2.75, 3.05) is 12.8 Å². The van der Waals surface area contributed by atoms with Gasteiger partial charge in [-0.25, -0.2) is 4.57 Å². The highest BCUT2D eigenvalue weighted by Gasteiger charge is 2.29. The van der Waals surface area contributed by atoms with Crippen LogP contribution in [0, 0.1) is 0 Å². The van der Waals surface area contributed by atoms with Gasteiger partial charge in [0.2, 0.25) is 11.6 Å². The van der Waals surface area contributed by atoms with E-state index in [2.05, 4.69) is 4.98 Å². The van der Waals surface area contributed by atoms with E-state index in [-0.39, 0.29) is 29.5 Å². The topological polar surface area (TPSA) is 86.2 Å². The number of nitrogen functional groups attached to an aromatic ring is 1. The van der Waals surface area contributed by atoms with E-state index in [0.717, 1.165) is 36.9 Å². The number of benzene rings is 1. The summed E-state index contributed by atoms with van der Waals surface area (Å²) in [6, 6.07) is 8.54. The van der Waals surface area contributed by atoms with Gasteiger partial charge in [-0.3, -0.25) is 15.3 Å². The van der Waals surface area contributed by atoms with E-state index in [4.69, 9.17) is 10.5 Å². The standard InChI is InChI=1S/C18H19N3O3.BrH/c1-24-17-13-9-5-6-10-14(13)21(18(19)20-17)11-15(22)16(23)12-7-3-2-4-8-12;/h2-4,7-8,19H,5-6,9-11H2,1H3;1H. The van der Waals surface area contributed by atoms with Gasteiger partial charge in [-0.05, 0) is 24.2 Å². The molecule has 0 unspecified atom stereocenters. The first-order valence-corrected chi connectivity index (χ1v) is 7.99. The Labute approximate surface area is 156 Å². The second-order valence-corrected chi connectivity index (χ2v) is 5.82. The molecular formula is C18H20BrN3O3. The predicted molar refractivity (Wildman–Crippen MR) is 87.8 cm³/mol. The molecule has 0 bridgehead atoms. The normalized spacial score (nSPS) is 12.7. The van der Waals surface area contributed by atoms with E-state index in [1.165, 1.54) is 0 Å². The van der Waals surface area contributed by atoms with Crippen LogP contribution in [-0.2, 0) is 24.2 Å². The van der Waals surface area contributed by atoms with Crippen LogP contribution in [0.15, 0.2) is 30.3 Å². The van der Waals surface area contributed by atoms with Gasteiger partial charge in [-0.2, -0.15) is 0 Å². The van der Waals surface area contributed by atoms with Crippen molar-refractivity contribution in [3.63, 3.8) is 0 Å². The maximum Gasteiger partial charge on any atom is 0.393 e. The van der Waals surface area contributed by atoms with E-state index < -0.39 is 11.6 Å². The fourth-order valence-corrected chi connectivity index (χ4v) is 3.10. The van der Waals surface area contributed by atoms with Crippen LogP contribution in [0.2, 0.25) is 0 Å². The molecule has 2 N–H and O–H groups in total. The predicted octanol–water partition coefficient (Wildman–Crippen LogP) is -1.71. The van der Waals surface area contributed by atoms with Gasteiger partial charge in [-0.15, -0.1) is 0 Å². The van der Waals surface area contributed by atoms with Gasteiger partial charge >= 0.3 is 5.95 Å². The van der Waals surface area contributed by atoms with Crippen LogP contribution >= 0.6 is 0 Å². The molecule has 1 aromatic carbocycles. The van der Waals surface area contributed by atoms with E-state index >= 15 is 0 Å². The van der Waals surface area contributed by atoms with E-state index in [9.17, 15) is 9.59 Å². The van der Waals surface area contributed by atoms with Crippen molar-refractivity contribution >= 4 is 17.5 Å². The lowest BCUT2D eigenvalue weighted by atomic mass is 9.96. The fourth-order valence-electron chi connectivity index (χ4n) is 3.10. The molecule has 0 atom stereocenters. The Morgan fingerprint density at radius 3 is 2.56 bits per heavy atom. The van der Waals surface area contributed by atoms with Crippen molar-refractivity contribution in [3.05, 3.63) is 47.2 Å². The summed E-state index contributed by atoms with van der Waals surface area (Å²) >= 11 is 0. The molecule has 0 saturated heterocycles. The summed E-state index contributed by atoms with van der Waals surface area (Å²) in [7, 11) is 1.56. The van der Waals surface area contributed by atoms with Gasteiger partial charge in [0.25, 0.3) is 5.88 Å². The Morgan fingerprint density at radius 2 is 1.88 bits per heavy atom. The molecule has 6 nitrogen and oxygen atoms in total. The summed E-state index contributed by atoms with van der Waals surface area (Å²) in [6.45, 7) is -0.0983. The lowest BCUT2D eigenvalue weighted by Gasteiger charge is -2.19. The van der Waals surface area contributed by atoms with Crippen LogP contribution in [0.3, 0.4) is 0 Å². The molecule has 3 rings (SSSR count). The molecular weight excluding hydrogens is 386 g/mol. The van der Waals surface area contributed by atoms with E-state index in [0.29, 0.717) is 11.4 Å². The van der Waals surface area contributed by atoms with Gasteiger partial charge in [0, 0.05) is 12.0 Å². The summed E-state index contributed by atoms with van der Waals surface area (Å²) in [4.78, 5) is 29.0. The first-order valence-electron chi connectivity index (χ1n) is 7.99. The summed E-state index contributed by atoms with van der Waals surface area (Å²) in [5.74, 6) is -0.303. The number of hydrogen-bond donors (Lipinski definition) is 1. The molecule has 0 amide bonds. The van der Waals surface area contributed by atoms with Crippen LogP contribution in [0.1, 0.15) is 34.5 Å². The number of methoxy groups -OCH3 is 1. The number of anilines is 1. The molecule has 0 fully saturated rings. The minimum atomic E-state index is -0.511. The van der Waals surface area contributed by atoms with Crippen LogP contribution < -0.4 is 32.0 Å². The molecule has 7 heteroatoms. The highest BCUT2D eigenvalue weighted by atomic mass is 79.9. The van der Waals surface area contributed by atoms with Crippen LogP contribution in [0.5, 0.6) is 5.88 Å². The average Bonchev–Trinajstić information content (AvgIpc) is 2.63. The third-order valence-electron chi connectivity index (χ3n) is 4.30. The van der Waals surface area contributed by atoms with Crippen molar-refractivity contribution in [1.29, 1.82) is 0 Å². The van der Waals surface area contributed by atoms with E-state index in [1.807, 2.05) is 0 Å². The first kappa shape index (κ1) is 19.1. The van der Waals surface area contributed by atoms with Crippen LogP contribution in [0.25, 0.3) is 0 Å². The van der Waals surface area contributed by atoms with Crippen LogP contribution in [0.4, 0.5) is 5.95 Å². The molecule has 0 radical (unpaired) electrons. The molecule has 2 aromatic rings. The number of carbonyl (C=O) groups excluding carboxylic acids is 2. The smallest absolute Gasteiger partial charge is 0.393 e. The summed E-state index contributed by atoms with van der Waals surface area (Å²) < 4.78 is 6.97. The van der Waals surface area contributed by atoms with Crippen molar-refractivity contribution in [2.24, 2.45) is 0 Å². The number of fused-ring (bicyclic) bond motifs is 1. The number of halogens is 1.